The lowest BCUT2D eigenvalue weighted by Crippen LogP contribution is -2.09. The third-order valence-corrected chi connectivity index (χ3v) is 2.22. The van der Waals surface area contributed by atoms with Crippen LogP contribution >= 0.6 is 0 Å². The van der Waals surface area contributed by atoms with Gasteiger partial charge in [0.1, 0.15) is 0 Å². The lowest BCUT2D eigenvalue weighted by atomic mass is 10.3. The van der Waals surface area contributed by atoms with Gasteiger partial charge in [0, 0.05) is 25.8 Å². The Morgan fingerprint density at radius 2 is 2.18 bits per heavy atom. The second-order valence-electron chi connectivity index (χ2n) is 3.68. The van der Waals surface area contributed by atoms with Crippen LogP contribution < -0.4 is 15.8 Å². The number of rotatable bonds is 8. The second-order valence-corrected chi connectivity index (χ2v) is 3.68. The maximum atomic E-state index is 5.79. The number of hydrogen-bond donors (Lipinski definition) is 2. The van der Waals surface area contributed by atoms with E-state index in [0.717, 1.165) is 32.6 Å². The standard InChI is InChI=1S/C12H21N3O2/c1-3-8-17-9-4-7-14-12-10(13)5-6-11(15-12)16-2/h5-6H,3-4,7-9,13H2,1-2H3,(H,14,15). The van der Waals surface area contributed by atoms with E-state index in [1.807, 2.05) is 0 Å². The number of aromatic nitrogens is 1. The fraction of sp³-hybridized carbons (Fsp3) is 0.583. The van der Waals surface area contributed by atoms with E-state index in [1.54, 1.807) is 19.2 Å². The Morgan fingerprint density at radius 3 is 2.88 bits per heavy atom. The van der Waals surface area contributed by atoms with Gasteiger partial charge in [0.15, 0.2) is 5.82 Å². The summed E-state index contributed by atoms with van der Waals surface area (Å²) in [5, 5.41) is 3.17. The molecule has 0 radical (unpaired) electrons. The first kappa shape index (κ1) is 13.6. The van der Waals surface area contributed by atoms with Crippen molar-refractivity contribution in [2.24, 2.45) is 0 Å². The topological polar surface area (TPSA) is 69.4 Å². The number of hydrogen-bond acceptors (Lipinski definition) is 5. The summed E-state index contributed by atoms with van der Waals surface area (Å²) in [6.07, 6.45) is 1.98. The summed E-state index contributed by atoms with van der Waals surface area (Å²) in [5.74, 6) is 1.23. The molecule has 0 saturated carbocycles. The third kappa shape index (κ3) is 4.91. The van der Waals surface area contributed by atoms with Crippen LogP contribution in [0.1, 0.15) is 19.8 Å². The number of methoxy groups -OCH3 is 1. The molecule has 5 heteroatoms. The highest BCUT2D eigenvalue weighted by Crippen LogP contribution is 2.19. The van der Waals surface area contributed by atoms with E-state index in [4.69, 9.17) is 15.2 Å². The van der Waals surface area contributed by atoms with Gasteiger partial charge in [0.25, 0.3) is 0 Å². The number of nitrogen functional groups attached to an aromatic ring is 1. The number of anilines is 2. The first-order chi connectivity index (χ1) is 8.27. The maximum absolute atomic E-state index is 5.79. The second kappa shape index (κ2) is 7.73. The van der Waals surface area contributed by atoms with Crippen LogP contribution in [0.15, 0.2) is 12.1 Å². The first-order valence-corrected chi connectivity index (χ1v) is 5.90. The monoisotopic (exact) mass is 239 g/mol. The minimum atomic E-state index is 0.559. The number of pyridine rings is 1. The summed E-state index contributed by atoms with van der Waals surface area (Å²) in [6.45, 7) is 4.46. The van der Waals surface area contributed by atoms with E-state index in [0.29, 0.717) is 17.4 Å². The summed E-state index contributed by atoms with van der Waals surface area (Å²) in [4.78, 5) is 4.23. The Morgan fingerprint density at radius 1 is 1.35 bits per heavy atom. The lowest BCUT2D eigenvalue weighted by molar-refractivity contribution is 0.134. The normalized spacial score (nSPS) is 10.2. The molecule has 0 aromatic carbocycles. The molecule has 0 aliphatic heterocycles. The quantitative estimate of drug-likeness (QED) is 0.678. The Labute approximate surface area is 102 Å². The van der Waals surface area contributed by atoms with Crippen molar-refractivity contribution >= 4 is 11.5 Å². The Hall–Kier alpha value is -1.49. The Bertz CT molecular complexity index is 332. The summed E-state index contributed by atoms with van der Waals surface area (Å²) < 4.78 is 10.4. The molecule has 1 heterocycles. The van der Waals surface area contributed by atoms with E-state index >= 15 is 0 Å². The van der Waals surface area contributed by atoms with Crippen LogP contribution in [0.2, 0.25) is 0 Å². The van der Waals surface area contributed by atoms with Crippen molar-refractivity contribution in [3.05, 3.63) is 12.1 Å². The Kier molecular flexibility index (Phi) is 6.17. The van der Waals surface area contributed by atoms with E-state index in [-0.39, 0.29) is 0 Å². The highest BCUT2D eigenvalue weighted by Gasteiger charge is 2.02. The smallest absolute Gasteiger partial charge is 0.215 e. The summed E-state index contributed by atoms with van der Waals surface area (Å²) in [5.41, 5.74) is 6.42. The van der Waals surface area contributed by atoms with E-state index in [2.05, 4.69) is 17.2 Å². The molecule has 5 nitrogen and oxygen atoms in total. The Balaban J connectivity index is 2.30. The largest absolute Gasteiger partial charge is 0.481 e. The molecular weight excluding hydrogens is 218 g/mol. The van der Waals surface area contributed by atoms with Crippen LogP contribution in [-0.4, -0.2) is 31.9 Å². The number of nitrogens with zero attached hydrogens (tertiary/aromatic N) is 1. The van der Waals surface area contributed by atoms with Gasteiger partial charge in [0.05, 0.1) is 12.8 Å². The zero-order valence-electron chi connectivity index (χ0n) is 10.5. The molecule has 3 N–H and O–H groups in total. The van der Waals surface area contributed by atoms with E-state index in [9.17, 15) is 0 Å². The molecule has 0 saturated heterocycles. The molecule has 0 aliphatic carbocycles. The molecule has 1 aromatic rings. The van der Waals surface area contributed by atoms with Crippen LogP contribution in [0, 0.1) is 0 Å². The van der Waals surface area contributed by atoms with Gasteiger partial charge in [-0.05, 0) is 18.9 Å². The predicted octanol–water partition coefficient (Wildman–Crippen LogP) is 1.90. The molecule has 17 heavy (non-hydrogen) atoms. The molecule has 1 aromatic heterocycles. The van der Waals surface area contributed by atoms with Crippen molar-refractivity contribution < 1.29 is 9.47 Å². The van der Waals surface area contributed by atoms with Crippen molar-refractivity contribution in [3.63, 3.8) is 0 Å². The van der Waals surface area contributed by atoms with Gasteiger partial charge < -0.3 is 20.5 Å². The highest BCUT2D eigenvalue weighted by molar-refractivity contribution is 5.61. The van der Waals surface area contributed by atoms with Crippen LogP contribution in [-0.2, 0) is 4.74 Å². The average Bonchev–Trinajstić information content (AvgIpc) is 2.35. The summed E-state index contributed by atoms with van der Waals surface area (Å²) >= 11 is 0. The SMILES string of the molecule is CCCOCCCNc1nc(OC)ccc1N. The third-order valence-electron chi connectivity index (χ3n) is 2.22. The maximum Gasteiger partial charge on any atom is 0.215 e. The molecule has 0 aliphatic rings. The van der Waals surface area contributed by atoms with Gasteiger partial charge in [-0.15, -0.1) is 0 Å². The van der Waals surface area contributed by atoms with Crippen molar-refractivity contribution in [3.8, 4) is 5.88 Å². The molecule has 0 bridgehead atoms. The zero-order valence-corrected chi connectivity index (χ0v) is 10.5. The van der Waals surface area contributed by atoms with Crippen LogP contribution in [0.3, 0.4) is 0 Å². The summed E-state index contributed by atoms with van der Waals surface area (Å²) in [7, 11) is 1.58. The molecular formula is C12H21N3O2. The van der Waals surface area contributed by atoms with Crippen LogP contribution in [0.4, 0.5) is 11.5 Å². The van der Waals surface area contributed by atoms with Crippen molar-refractivity contribution in [1.82, 2.24) is 4.98 Å². The fourth-order valence-corrected chi connectivity index (χ4v) is 1.33. The molecule has 96 valence electrons. The predicted molar refractivity (Wildman–Crippen MR) is 69.4 cm³/mol. The van der Waals surface area contributed by atoms with Crippen molar-refractivity contribution in [2.45, 2.75) is 19.8 Å². The molecule has 0 fully saturated rings. The number of ether oxygens (including phenoxy) is 2. The molecule has 0 unspecified atom stereocenters. The minimum absolute atomic E-state index is 0.559. The van der Waals surface area contributed by atoms with Gasteiger partial charge in [-0.3, -0.25) is 0 Å². The van der Waals surface area contributed by atoms with Gasteiger partial charge in [-0.2, -0.15) is 4.98 Å². The van der Waals surface area contributed by atoms with Gasteiger partial charge >= 0.3 is 0 Å². The van der Waals surface area contributed by atoms with Crippen LogP contribution in [0.5, 0.6) is 5.88 Å². The van der Waals surface area contributed by atoms with E-state index in [1.165, 1.54) is 0 Å². The molecule has 1 rings (SSSR count). The molecule has 0 spiro atoms. The summed E-state index contributed by atoms with van der Waals surface area (Å²) in [6, 6.07) is 3.52. The fourth-order valence-electron chi connectivity index (χ4n) is 1.33. The van der Waals surface area contributed by atoms with Crippen molar-refractivity contribution in [1.29, 1.82) is 0 Å². The first-order valence-electron chi connectivity index (χ1n) is 5.90. The minimum Gasteiger partial charge on any atom is -0.481 e. The zero-order chi connectivity index (χ0) is 12.5. The number of nitrogens with two attached hydrogens (primary N) is 1. The molecule has 0 amide bonds. The van der Waals surface area contributed by atoms with Gasteiger partial charge in [-0.1, -0.05) is 6.92 Å². The average molecular weight is 239 g/mol. The van der Waals surface area contributed by atoms with E-state index < -0.39 is 0 Å². The molecule has 0 atom stereocenters. The van der Waals surface area contributed by atoms with Crippen molar-refractivity contribution in [2.75, 3.05) is 37.9 Å². The highest BCUT2D eigenvalue weighted by atomic mass is 16.5. The lowest BCUT2D eigenvalue weighted by Gasteiger charge is -2.09. The number of nitrogens with one attached hydrogen (secondary N) is 1. The van der Waals surface area contributed by atoms with Gasteiger partial charge in [0.2, 0.25) is 5.88 Å². The van der Waals surface area contributed by atoms with Crippen LogP contribution in [0.25, 0.3) is 0 Å². The van der Waals surface area contributed by atoms with Gasteiger partial charge in [-0.25, -0.2) is 0 Å².